The first-order valence-corrected chi connectivity index (χ1v) is 8.78. The highest BCUT2D eigenvalue weighted by molar-refractivity contribution is 6.56. The van der Waals surface area contributed by atoms with Crippen molar-refractivity contribution in [2.45, 2.75) is 25.4 Å². The summed E-state index contributed by atoms with van der Waals surface area (Å²) in [5.41, 5.74) is 2.43. The molecule has 1 aromatic heterocycles. The van der Waals surface area contributed by atoms with Gasteiger partial charge in [-0.25, -0.2) is 4.57 Å². The summed E-state index contributed by atoms with van der Waals surface area (Å²) in [6.07, 6.45) is 15.9. The van der Waals surface area contributed by atoms with E-state index in [2.05, 4.69) is 30.4 Å². The second-order valence-electron chi connectivity index (χ2n) is 4.95. The predicted molar refractivity (Wildman–Crippen MR) is 79.3 cm³/mol. The highest BCUT2D eigenvalue weighted by Gasteiger charge is 2.26. The van der Waals surface area contributed by atoms with Gasteiger partial charge in [0.05, 0.1) is 0 Å². The SMILES string of the molecule is O[Si](O)(O)CCC[n+]1ccc(/C=C/C2=CC=CC2)cc1. The Labute approximate surface area is 120 Å². The lowest BCUT2D eigenvalue weighted by atomic mass is 10.1. The van der Waals surface area contributed by atoms with E-state index in [1.807, 2.05) is 29.1 Å². The fourth-order valence-electron chi connectivity index (χ4n) is 2.02. The molecule has 0 aliphatic heterocycles. The average molecular weight is 290 g/mol. The minimum Gasteiger partial charge on any atom is -0.390 e. The standard InChI is InChI=1S/C15H20NO3Si/c17-20(18,19)13-3-10-16-11-8-15(9-12-16)7-6-14-4-1-2-5-14/h1-2,4,6-9,11-12,17-19H,3,5,10,13H2/q+1/b7-6+. The minimum absolute atomic E-state index is 0.0722. The Morgan fingerprint density at radius 1 is 1.15 bits per heavy atom. The van der Waals surface area contributed by atoms with Crippen molar-refractivity contribution in [2.75, 3.05) is 0 Å². The monoisotopic (exact) mass is 290 g/mol. The van der Waals surface area contributed by atoms with Gasteiger partial charge < -0.3 is 14.4 Å². The van der Waals surface area contributed by atoms with Crippen LogP contribution < -0.4 is 4.57 Å². The lowest BCUT2D eigenvalue weighted by Crippen LogP contribution is -2.38. The van der Waals surface area contributed by atoms with Crippen LogP contribution in [0.1, 0.15) is 18.4 Å². The van der Waals surface area contributed by atoms with E-state index in [9.17, 15) is 0 Å². The molecule has 1 aliphatic carbocycles. The van der Waals surface area contributed by atoms with Crippen molar-refractivity contribution in [2.24, 2.45) is 0 Å². The quantitative estimate of drug-likeness (QED) is 0.544. The Morgan fingerprint density at radius 2 is 1.90 bits per heavy atom. The second-order valence-corrected chi connectivity index (χ2v) is 7.00. The highest BCUT2D eigenvalue weighted by atomic mass is 28.4. The first-order chi connectivity index (χ1) is 9.53. The van der Waals surface area contributed by atoms with Crippen LogP contribution in [-0.4, -0.2) is 23.2 Å². The number of pyridine rings is 1. The van der Waals surface area contributed by atoms with Crippen LogP contribution in [0.5, 0.6) is 0 Å². The maximum Gasteiger partial charge on any atom is 0.492 e. The van der Waals surface area contributed by atoms with Crippen LogP contribution >= 0.6 is 0 Å². The van der Waals surface area contributed by atoms with Crippen molar-refractivity contribution >= 4 is 14.9 Å². The molecule has 20 heavy (non-hydrogen) atoms. The van der Waals surface area contributed by atoms with Gasteiger partial charge in [0.25, 0.3) is 0 Å². The van der Waals surface area contributed by atoms with Crippen molar-refractivity contribution in [3.05, 3.63) is 60.0 Å². The number of rotatable bonds is 6. The van der Waals surface area contributed by atoms with Crippen LogP contribution in [0.15, 0.2) is 54.4 Å². The normalized spacial score (nSPS) is 15.1. The van der Waals surface area contributed by atoms with Crippen LogP contribution in [0.2, 0.25) is 6.04 Å². The molecule has 0 spiro atoms. The zero-order valence-corrected chi connectivity index (χ0v) is 12.3. The summed E-state index contributed by atoms with van der Waals surface area (Å²) < 4.78 is 1.97. The van der Waals surface area contributed by atoms with Gasteiger partial charge in [-0.2, -0.15) is 0 Å². The Morgan fingerprint density at radius 3 is 2.50 bits per heavy atom. The molecule has 5 heteroatoms. The predicted octanol–water partition coefficient (Wildman–Crippen LogP) is 1.18. The largest absolute Gasteiger partial charge is 0.492 e. The maximum atomic E-state index is 8.93. The fraction of sp³-hybridized carbons (Fsp3) is 0.267. The molecule has 1 aliphatic rings. The van der Waals surface area contributed by atoms with Crippen LogP contribution in [0.25, 0.3) is 6.08 Å². The Hall–Kier alpha value is -1.53. The number of hydrogen-bond donors (Lipinski definition) is 3. The summed E-state index contributed by atoms with van der Waals surface area (Å²) in [6, 6.07) is 4.10. The maximum absolute atomic E-state index is 8.93. The van der Waals surface area contributed by atoms with Gasteiger partial charge in [0.15, 0.2) is 12.4 Å². The van der Waals surface area contributed by atoms with Gasteiger partial charge in [-0.15, -0.1) is 0 Å². The van der Waals surface area contributed by atoms with E-state index in [1.54, 1.807) is 0 Å². The minimum atomic E-state index is -3.89. The van der Waals surface area contributed by atoms with Gasteiger partial charge in [0, 0.05) is 24.6 Å². The first-order valence-electron chi connectivity index (χ1n) is 6.73. The molecule has 0 unspecified atom stereocenters. The molecular weight excluding hydrogens is 270 g/mol. The number of hydrogen-bond acceptors (Lipinski definition) is 3. The Balaban J connectivity index is 1.83. The van der Waals surface area contributed by atoms with E-state index < -0.39 is 8.80 Å². The topological polar surface area (TPSA) is 64.6 Å². The Kier molecular flexibility index (Phi) is 5.03. The smallest absolute Gasteiger partial charge is 0.390 e. The zero-order chi connectivity index (χ0) is 14.4. The molecule has 0 amide bonds. The van der Waals surface area contributed by atoms with Gasteiger partial charge >= 0.3 is 8.80 Å². The molecule has 0 aromatic carbocycles. The average Bonchev–Trinajstić information content (AvgIpc) is 2.89. The number of nitrogens with zero attached hydrogens (tertiary/aromatic N) is 1. The Bertz CT molecular complexity index is 527. The molecule has 1 aromatic rings. The van der Waals surface area contributed by atoms with Gasteiger partial charge in [0.2, 0.25) is 0 Å². The summed E-state index contributed by atoms with van der Waals surface area (Å²) in [6.45, 7) is 0.662. The third kappa shape index (κ3) is 5.22. The molecule has 106 valence electrons. The molecule has 1 heterocycles. The van der Waals surface area contributed by atoms with E-state index in [0.29, 0.717) is 13.0 Å². The third-order valence-electron chi connectivity index (χ3n) is 3.14. The van der Waals surface area contributed by atoms with E-state index in [1.165, 1.54) is 5.57 Å². The summed E-state index contributed by atoms with van der Waals surface area (Å²) in [5.74, 6) is 0. The highest BCUT2D eigenvalue weighted by Crippen LogP contribution is 2.13. The van der Waals surface area contributed by atoms with E-state index in [4.69, 9.17) is 14.4 Å². The molecule has 0 radical (unpaired) electrons. The fourth-order valence-corrected chi connectivity index (χ4v) is 2.65. The summed E-state index contributed by atoms with van der Waals surface area (Å²) >= 11 is 0. The van der Waals surface area contributed by atoms with Gasteiger partial charge in [-0.3, -0.25) is 0 Å². The van der Waals surface area contributed by atoms with Crippen molar-refractivity contribution < 1.29 is 19.0 Å². The third-order valence-corrected chi connectivity index (χ3v) is 4.16. The van der Waals surface area contributed by atoms with Crippen LogP contribution in [0.3, 0.4) is 0 Å². The van der Waals surface area contributed by atoms with Gasteiger partial charge in [0.1, 0.15) is 6.54 Å². The van der Waals surface area contributed by atoms with Crippen LogP contribution in [0, 0.1) is 0 Å². The summed E-state index contributed by atoms with van der Waals surface area (Å²) in [4.78, 5) is 26.8. The van der Waals surface area contributed by atoms with Crippen molar-refractivity contribution in [1.82, 2.24) is 0 Å². The summed E-state index contributed by atoms with van der Waals surface area (Å²) in [5, 5.41) is 0. The van der Waals surface area contributed by atoms with E-state index >= 15 is 0 Å². The molecule has 0 bridgehead atoms. The number of aryl methyl sites for hydroxylation is 1. The lowest BCUT2D eigenvalue weighted by Gasteiger charge is -2.06. The molecule has 3 N–H and O–H groups in total. The molecule has 0 fully saturated rings. The van der Waals surface area contributed by atoms with E-state index in [-0.39, 0.29) is 6.04 Å². The number of allylic oxidation sites excluding steroid dienone is 5. The molecule has 0 saturated carbocycles. The molecule has 2 rings (SSSR count). The second kappa shape index (κ2) is 6.76. The van der Waals surface area contributed by atoms with Crippen LogP contribution in [-0.2, 0) is 6.54 Å². The van der Waals surface area contributed by atoms with Crippen molar-refractivity contribution in [1.29, 1.82) is 0 Å². The molecule has 4 nitrogen and oxygen atoms in total. The molecule has 0 saturated heterocycles. The lowest BCUT2D eigenvalue weighted by molar-refractivity contribution is -0.697. The molecule has 0 atom stereocenters. The van der Waals surface area contributed by atoms with Crippen molar-refractivity contribution in [3.8, 4) is 0 Å². The number of aromatic nitrogens is 1. The zero-order valence-electron chi connectivity index (χ0n) is 11.3. The summed E-state index contributed by atoms with van der Waals surface area (Å²) in [7, 11) is -3.89. The van der Waals surface area contributed by atoms with Crippen molar-refractivity contribution in [3.63, 3.8) is 0 Å². The van der Waals surface area contributed by atoms with Gasteiger partial charge in [-0.05, 0) is 17.6 Å². The molecular formula is C15H20NO3Si+. The first kappa shape index (κ1) is 14.9. The van der Waals surface area contributed by atoms with E-state index in [0.717, 1.165) is 12.0 Å². The van der Waals surface area contributed by atoms with Crippen LogP contribution in [0.4, 0.5) is 0 Å². The van der Waals surface area contributed by atoms with Gasteiger partial charge in [-0.1, -0.05) is 30.4 Å².